The number of benzene rings is 1. The maximum Gasteiger partial charge on any atom is 0.410 e. The zero-order valence-electron chi connectivity index (χ0n) is 23.3. The first-order chi connectivity index (χ1) is 19.3. The summed E-state index contributed by atoms with van der Waals surface area (Å²) in [6.45, 7) is 7.46. The maximum atomic E-state index is 15.6. The van der Waals surface area contributed by atoms with E-state index in [1.165, 1.54) is 6.07 Å². The van der Waals surface area contributed by atoms with Gasteiger partial charge in [-0.25, -0.2) is 22.4 Å². The van der Waals surface area contributed by atoms with Crippen LogP contribution in [0.4, 0.5) is 28.2 Å². The van der Waals surface area contributed by atoms with Crippen LogP contribution in [0.3, 0.4) is 0 Å². The topological polar surface area (TPSA) is 71.0 Å². The molecule has 13 heteroatoms. The zero-order chi connectivity index (χ0) is 29.3. The van der Waals surface area contributed by atoms with Crippen molar-refractivity contribution in [3.05, 3.63) is 21.9 Å². The predicted molar refractivity (Wildman–Crippen MR) is 148 cm³/mol. The Bertz CT molecular complexity index is 1350. The summed E-state index contributed by atoms with van der Waals surface area (Å²) in [5.74, 6) is -0.651. The number of halogens is 5. The Kier molecular flexibility index (Phi) is 7.27. The van der Waals surface area contributed by atoms with E-state index in [2.05, 4.69) is 30.8 Å². The van der Waals surface area contributed by atoms with Crippen molar-refractivity contribution in [2.75, 3.05) is 37.7 Å². The molecule has 41 heavy (non-hydrogen) atoms. The van der Waals surface area contributed by atoms with Crippen molar-refractivity contribution in [1.82, 2.24) is 19.8 Å². The number of carbonyl (C=O) groups excluding carboxylic acids is 1. The smallest absolute Gasteiger partial charge is 0.410 e. The minimum Gasteiger partial charge on any atom is -0.461 e. The monoisotopic (exact) mass is 643 g/mol. The predicted octanol–water partition coefficient (Wildman–Crippen LogP) is 6.01. The molecule has 4 atom stereocenters. The summed E-state index contributed by atoms with van der Waals surface area (Å²) in [5, 5.41) is 0.142. The molecule has 1 aromatic carbocycles. The Morgan fingerprint density at radius 3 is 2.56 bits per heavy atom. The van der Waals surface area contributed by atoms with E-state index < -0.39 is 35.1 Å². The lowest BCUT2D eigenvalue weighted by atomic mass is 9.95. The first kappa shape index (κ1) is 28.7. The average molecular weight is 645 g/mol. The van der Waals surface area contributed by atoms with Crippen LogP contribution in [-0.2, 0) is 4.74 Å². The minimum absolute atomic E-state index is 0.0893. The van der Waals surface area contributed by atoms with E-state index in [9.17, 15) is 18.0 Å². The fourth-order valence-corrected chi connectivity index (χ4v) is 7.46. The van der Waals surface area contributed by atoms with Crippen LogP contribution < -0.4 is 9.64 Å². The van der Waals surface area contributed by atoms with Crippen LogP contribution in [0.2, 0.25) is 0 Å². The van der Waals surface area contributed by atoms with Gasteiger partial charge < -0.3 is 14.4 Å². The summed E-state index contributed by atoms with van der Waals surface area (Å²) in [5.41, 5.74) is -1.74. The molecule has 4 saturated heterocycles. The van der Waals surface area contributed by atoms with Gasteiger partial charge in [0, 0.05) is 37.0 Å². The van der Waals surface area contributed by atoms with Gasteiger partial charge in [-0.05, 0) is 75.0 Å². The molecule has 2 aromatic rings. The third kappa shape index (κ3) is 5.21. The number of nitrogens with zero attached hydrogens (tertiary/aromatic N) is 5. The van der Waals surface area contributed by atoms with Gasteiger partial charge in [-0.1, -0.05) is 0 Å². The van der Waals surface area contributed by atoms with Gasteiger partial charge in [0.1, 0.15) is 29.7 Å². The fraction of sp³-hybridized carbons (Fsp3) is 0.679. The normalized spacial score (nSPS) is 28.2. The molecule has 0 aliphatic carbocycles. The van der Waals surface area contributed by atoms with E-state index in [0.29, 0.717) is 26.1 Å². The Labute approximate surface area is 244 Å². The number of hydrogen-bond acceptors (Lipinski definition) is 7. The highest BCUT2D eigenvalue weighted by molar-refractivity contribution is 9.10. The SMILES string of the molecule is CC(C)(C)OC(=O)N1C2CCC1CN(c1nc(OC[C@@]34CCCN3C[C@H](F)C4)nc3c(F)c(Br)c(C(F)F)cc13)C2. The summed E-state index contributed by atoms with van der Waals surface area (Å²) in [4.78, 5) is 27.7. The van der Waals surface area contributed by atoms with Crippen LogP contribution in [0.1, 0.15) is 64.9 Å². The van der Waals surface area contributed by atoms with Gasteiger partial charge >= 0.3 is 12.1 Å². The molecule has 4 aliphatic heterocycles. The number of ether oxygens (including phenoxy) is 2. The van der Waals surface area contributed by atoms with Gasteiger partial charge in [0.25, 0.3) is 6.43 Å². The van der Waals surface area contributed by atoms with Crippen LogP contribution in [-0.4, -0.2) is 88.0 Å². The first-order valence-corrected chi connectivity index (χ1v) is 14.9. The molecule has 1 amide bonds. The van der Waals surface area contributed by atoms with Gasteiger partial charge in [0.15, 0.2) is 5.82 Å². The molecule has 4 fully saturated rings. The molecule has 2 bridgehead atoms. The van der Waals surface area contributed by atoms with Gasteiger partial charge in [-0.3, -0.25) is 9.80 Å². The van der Waals surface area contributed by atoms with Gasteiger partial charge in [0.05, 0.1) is 22.1 Å². The second kappa shape index (κ2) is 10.4. The summed E-state index contributed by atoms with van der Waals surface area (Å²) < 4.78 is 69.0. The van der Waals surface area contributed by atoms with Crippen molar-refractivity contribution >= 4 is 38.7 Å². The molecular weight excluding hydrogens is 610 g/mol. The van der Waals surface area contributed by atoms with Crippen molar-refractivity contribution in [2.24, 2.45) is 0 Å². The largest absolute Gasteiger partial charge is 0.461 e. The maximum absolute atomic E-state index is 15.6. The van der Waals surface area contributed by atoms with Gasteiger partial charge in [0.2, 0.25) is 0 Å². The molecule has 0 saturated carbocycles. The third-order valence-electron chi connectivity index (χ3n) is 8.71. The van der Waals surface area contributed by atoms with Crippen LogP contribution in [0.15, 0.2) is 10.5 Å². The minimum atomic E-state index is -2.92. The molecule has 6 rings (SSSR count). The molecule has 0 spiro atoms. The van der Waals surface area contributed by atoms with Crippen molar-refractivity contribution in [3.63, 3.8) is 0 Å². The number of carbonyl (C=O) groups is 1. The van der Waals surface area contributed by atoms with Gasteiger partial charge in [-0.2, -0.15) is 9.97 Å². The summed E-state index contributed by atoms with van der Waals surface area (Å²) in [7, 11) is 0. The highest BCUT2D eigenvalue weighted by atomic mass is 79.9. The lowest BCUT2D eigenvalue weighted by Crippen LogP contribution is -2.57. The molecule has 4 aliphatic rings. The van der Waals surface area contributed by atoms with Crippen molar-refractivity contribution in [2.45, 2.75) is 88.7 Å². The molecule has 0 N–H and O–H groups in total. The number of fused-ring (bicyclic) bond motifs is 4. The number of amides is 1. The Morgan fingerprint density at radius 1 is 1.20 bits per heavy atom. The zero-order valence-corrected chi connectivity index (χ0v) is 24.9. The number of piperazine rings is 1. The van der Waals surface area contributed by atoms with Crippen LogP contribution in [0.5, 0.6) is 6.01 Å². The highest BCUT2D eigenvalue weighted by Gasteiger charge is 2.50. The summed E-state index contributed by atoms with van der Waals surface area (Å²) in [6.07, 6.45) is -0.694. The summed E-state index contributed by atoms with van der Waals surface area (Å²) >= 11 is 2.98. The average Bonchev–Trinajstić information content (AvgIpc) is 3.50. The molecule has 224 valence electrons. The first-order valence-electron chi connectivity index (χ1n) is 14.1. The van der Waals surface area contributed by atoms with Crippen molar-refractivity contribution in [3.8, 4) is 6.01 Å². The van der Waals surface area contributed by atoms with Crippen LogP contribution in [0.25, 0.3) is 10.9 Å². The third-order valence-corrected chi connectivity index (χ3v) is 9.52. The lowest BCUT2D eigenvalue weighted by molar-refractivity contribution is 0.0122. The Hall–Kier alpha value is -2.41. The number of hydrogen-bond donors (Lipinski definition) is 0. The number of anilines is 1. The molecule has 5 heterocycles. The molecule has 0 radical (unpaired) electrons. The van der Waals surface area contributed by atoms with Crippen molar-refractivity contribution < 1.29 is 31.8 Å². The van der Waals surface area contributed by atoms with Crippen molar-refractivity contribution in [1.29, 1.82) is 0 Å². The second-order valence-electron chi connectivity index (χ2n) is 12.7. The standard InChI is InChI=1S/C28H34BrF4N5O3/c1-27(2,3)41-26(39)38-16-5-6-17(38)13-36(12-16)24-19-9-18(23(32)33)20(29)21(31)22(19)34-25(35-24)40-14-28-7-4-8-37(28)11-15(30)10-28/h9,15-17,23H,4-8,10-14H2,1-3H3/t15-,16?,17?,28+/m1/s1. The highest BCUT2D eigenvalue weighted by Crippen LogP contribution is 2.42. The second-order valence-corrected chi connectivity index (χ2v) is 13.5. The molecule has 1 aromatic heterocycles. The fourth-order valence-electron chi connectivity index (χ4n) is 6.99. The van der Waals surface area contributed by atoms with E-state index in [1.54, 1.807) is 4.90 Å². The van der Waals surface area contributed by atoms with Crippen LogP contribution in [0, 0.1) is 5.82 Å². The van der Waals surface area contributed by atoms with E-state index >= 15 is 4.39 Å². The van der Waals surface area contributed by atoms with E-state index in [4.69, 9.17) is 9.47 Å². The Balaban J connectivity index is 1.35. The van der Waals surface area contributed by atoms with E-state index in [-0.39, 0.29) is 52.0 Å². The van der Waals surface area contributed by atoms with E-state index in [0.717, 1.165) is 32.2 Å². The molecular formula is C28H34BrF4N5O3. The lowest BCUT2D eigenvalue weighted by Gasteiger charge is -2.42. The quantitative estimate of drug-likeness (QED) is 0.370. The number of aromatic nitrogens is 2. The number of alkyl halides is 3. The summed E-state index contributed by atoms with van der Waals surface area (Å²) in [6, 6.07) is 0.766. The Morgan fingerprint density at radius 2 is 1.90 bits per heavy atom. The number of rotatable bonds is 5. The molecule has 8 nitrogen and oxygen atoms in total. The molecule has 2 unspecified atom stereocenters. The van der Waals surface area contributed by atoms with Crippen LogP contribution >= 0.6 is 15.9 Å². The van der Waals surface area contributed by atoms with E-state index in [1.807, 2.05) is 25.7 Å². The van der Waals surface area contributed by atoms with Gasteiger partial charge in [-0.15, -0.1) is 0 Å².